The Hall–Kier alpha value is -3.26. The fourth-order valence-corrected chi connectivity index (χ4v) is 4.16. The summed E-state index contributed by atoms with van der Waals surface area (Å²) in [5, 5.41) is 11.8. The van der Waals surface area contributed by atoms with Crippen LogP contribution in [-0.4, -0.2) is 21.3 Å². The number of hydrogen-bond acceptors (Lipinski definition) is 5. The number of amides is 1. The van der Waals surface area contributed by atoms with Crippen LogP contribution in [-0.2, 0) is 13.1 Å². The van der Waals surface area contributed by atoms with Crippen LogP contribution in [0.15, 0.2) is 65.7 Å². The molecule has 0 unspecified atom stereocenters. The number of benzene rings is 2. The Kier molecular flexibility index (Phi) is 4.55. The fraction of sp³-hybridized carbons (Fsp3) is 0.158. The molecule has 27 heavy (non-hydrogen) atoms. The van der Waals surface area contributed by atoms with Crippen LogP contribution < -0.4 is 9.57 Å². The summed E-state index contributed by atoms with van der Waals surface area (Å²) in [6.45, 7) is 1.90. The number of carbonyl (C=O) groups excluding carboxylic acids is 1. The van der Waals surface area contributed by atoms with Gasteiger partial charge in [-0.3, -0.25) is 18.9 Å². The third-order valence-corrected chi connectivity index (χ3v) is 5.38. The molecule has 0 N–H and O–H groups in total. The average Bonchev–Trinajstić information content (AvgIpc) is 3.22. The number of nitro groups is 1. The van der Waals surface area contributed by atoms with Gasteiger partial charge in [0.25, 0.3) is 5.91 Å². The van der Waals surface area contributed by atoms with E-state index in [1.807, 2.05) is 39.2 Å². The lowest BCUT2D eigenvalue weighted by atomic mass is 10.2. The van der Waals surface area contributed by atoms with Gasteiger partial charge in [0, 0.05) is 18.7 Å². The molecular formula is C19H16N4O3S. The van der Waals surface area contributed by atoms with E-state index in [2.05, 4.69) is 4.99 Å². The first kappa shape index (κ1) is 17.2. The van der Waals surface area contributed by atoms with Crippen LogP contribution in [0.3, 0.4) is 0 Å². The molecular weight excluding hydrogens is 364 g/mol. The predicted molar refractivity (Wildman–Crippen MR) is 103 cm³/mol. The van der Waals surface area contributed by atoms with Crippen molar-refractivity contribution in [2.45, 2.75) is 13.1 Å². The van der Waals surface area contributed by atoms with E-state index < -0.39 is 10.8 Å². The Balaban J connectivity index is 1.74. The monoisotopic (exact) mass is 380 g/mol. The van der Waals surface area contributed by atoms with Gasteiger partial charge in [0.1, 0.15) is 0 Å². The van der Waals surface area contributed by atoms with Crippen LogP contribution in [0, 0.1) is 10.1 Å². The second kappa shape index (κ2) is 7.16. The van der Waals surface area contributed by atoms with E-state index in [1.165, 1.54) is 0 Å². The molecule has 0 saturated heterocycles. The van der Waals surface area contributed by atoms with Gasteiger partial charge in [0.15, 0.2) is 0 Å². The summed E-state index contributed by atoms with van der Waals surface area (Å²) in [6, 6.07) is 18.4. The van der Waals surface area contributed by atoms with E-state index in [0.717, 1.165) is 17.1 Å². The highest BCUT2D eigenvalue weighted by Crippen LogP contribution is 2.33. The molecule has 136 valence electrons. The molecule has 0 saturated carbocycles. The van der Waals surface area contributed by atoms with Crippen LogP contribution in [0.2, 0.25) is 0 Å². The number of fused-ring (bicyclic) bond motifs is 1. The van der Waals surface area contributed by atoms with Gasteiger partial charge in [-0.2, -0.15) is 4.99 Å². The maximum absolute atomic E-state index is 12.4. The molecule has 7 nitrogen and oxygen atoms in total. The van der Waals surface area contributed by atoms with Crippen molar-refractivity contribution in [1.82, 2.24) is 3.96 Å². The van der Waals surface area contributed by atoms with E-state index in [9.17, 15) is 14.9 Å². The third kappa shape index (κ3) is 3.39. The molecule has 0 atom stereocenters. The van der Waals surface area contributed by atoms with Gasteiger partial charge in [-0.15, -0.1) is 0 Å². The number of carbonyl (C=O) groups is 1. The molecule has 0 aliphatic carbocycles. The number of rotatable bonds is 4. The maximum Gasteiger partial charge on any atom is 0.347 e. The van der Waals surface area contributed by atoms with Gasteiger partial charge >= 0.3 is 5.69 Å². The molecule has 0 radical (unpaired) electrons. The normalized spacial score (nSPS) is 13.6. The van der Waals surface area contributed by atoms with Gasteiger partial charge in [-0.05, 0) is 29.2 Å². The highest BCUT2D eigenvalue weighted by molar-refractivity contribution is 7.04. The zero-order chi connectivity index (χ0) is 18.8. The standard InChI is InChI=1S/C19H16N4O3S/c24-17(15-9-5-2-6-10-15)20-18-16(23(25)26)19-21(11-12-22(19)27-18)13-14-7-3-1-4-8-14/h1-10H,11-13H2. The Labute approximate surface area is 159 Å². The third-order valence-electron chi connectivity index (χ3n) is 4.34. The average molecular weight is 380 g/mol. The van der Waals surface area contributed by atoms with Gasteiger partial charge in [0.05, 0.1) is 11.5 Å². The summed E-state index contributed by atoms with van der Waals surface area (Å²) in [4.78, 5) is 29.7. The fourth-order valence-electron chi connectivity index (χ4n) is 3.11. The minimum Gasteiger partial charge on any atom is -0.345 e. The topological polar surface area (TPSA) is 80.7 Å². The number of hydrogen-bond donors (Lipinski definition) is 0. The minimum atomic E-state index is -0.478. The van der Waals surface area contributed by atoms with Crippen LogP contribution in [0.4, 0.5) is 11.5 Å². The van der Waals surface area contributed by atoms with Crippen molar-refractivity contribution in [3.05, 3.63) is 86.6 Å². The van der Waals surface area contributed by atoms with Gasteiger partial charge in [-0.25, -0.2) is 0 Å². The first-order chi connectivity index (χ1) is 13.1. The van der Waals surface area contributed by atoms with Gasteiger partial charge < -0.3 is 4.90 Å². The van der Waals surface area contributed by atoms with E-state index in [-0.39, 0.29) is 10.4 Å². The lowest BCUT2D eigenvalue weighted by Gasteiger charge is -2.16. The second-order valence-electron chi connectivity index (χ2n) is 6.12. The highest BCUT2D eigenvalue weighted by Gasteiger charge is 2.33. The Morgan fingerprint density at radius 1 is 1.07 bits per heavy atom. The summed E-state index contributed by atoms with van der Waals surface area (Å²) in [6.07, 6.45) is 0. The second-order valence-corrected chi connectivity index (χ2v) is 7.13. The molecule has 1 aromatic heterocycles. The van der Waals surface area contributed by atoms with Crippen molar-refractivity contribution in [2.75, 3.05) is 11.4 Å². The highest BCUT2D eigenvalue weighted by atomic mass is 32.1. The lowest BCUT2D eigenvalue weighted by molar-refractivity contribution is -0.385. The first-order valence-electron chi connectivity index (χ1n) is 8.45. The Morgan fingerprint density at radius 2 is 1.74 bits per heavy atom. The van der Waals surface area contributed by atoms with Gasteiger partial charge in [0.2, 0.25) is 10.5 Å². The summed E-state index contributed by atoms with van der Waals surface area (Å²) in [5.74, 6) is 0.0438. The SMILES string of the molecule is O=C(N=c1sn2c(c1[N+](=O)[O-])N(Cc1ccccc1)CC2)c1ccccc1. The van der Waals surface area contributed by atoms with Crippen molar-refractivity contribution in [3.8, 4) is 0 Å². The molecule has 0 bridgehead atoms. The van der Waals surface area contributed by atoms with Crippen molar-refractivity contribution in [1.29, 1.82) is 0 Å². The van der Waals surface area contributed by atoms with E-state index in [0.29, 0.717) is 31.0 Å². The molecule has 4 rings (SSSR count). The van der Waals surface area contributed by atoms with Crippen molar-refractivity contribution < 1.29 is 9.72 Å². The number of nitrogens with zero attached hydrogens (tertiary/aromatic N) is 4. The van der Waals surface area contributed by atoms with Crippen LogP contribution in [0.25, 0.3) is 0 Å². The molecule has 3 aromatic rings. The van der Waals surface area contributed by atoms with Crippen molar-refractivity contribution in [2.24, 2.45) is 4.99 Å². The molecule has 1 aliphatic rings. The largest absolute Gasteiger partial charge is 0.347 e. The zero-order valence-electron chi connectivity index (χ0n) is 14.3. The van der Waals surface area contributed by atoms with E-state index in [4.69, 9.17) is 0 Å². The lowest BCUT2D eigenvalue weighted by Crippen LogP contribution is -2.22. The van der Waals surface area contributed by atoms with Crippen LogP contribution in [0.1, 0.15) is 15.9 Å². The summed E-state index contributed by atoms with van der Waals surface area (Å²) < 4.78 is 1.99. The number of aromatic nitrogens is 1. The molecule has 0 fully saturated rings. The number of anilines is 1. The van der Waals surface area contributed by atoms with Crippen LogP contribution in [0.5, 0.6) is 0 Å². The maximum atomic E-state index is 12.4. The Morgan fingerprint density at radius 3 is 2.41 bits per heavy atom. The molecule has 2 heterocycles. The van der Waals surface area contributed by atoms with E-state index >= 15 is 0 Å². The smallest absolute Gasteiger partial charge is 0.345 e. The quantitative estimate of drug-likeness (QED) is 0.514. The molecule has 1 amide bonds. The van der Waals surface area contributed by atoms with Crippen molar-refractivity contribution >= 4 is 28.9 Å². The van der Waals surface area contributed by atoms with Crippen molar-refractivity contribution in [3.63, 3.8) is 0 Å². The van der Waals surface area contributed by atoms with E-state index in [1.54, 1.807) is 30.3 Å². The van der Waals surface area contributed by atoms with Gasteiger partial charge in [-0.1, -0.05) is 48.5 Å². The summed E-state index contributed by atoms with van der Waals surface area (Å²) in [5.41, 5.74) is 1.38. The summed E-state index contributed by atoms with van der Waals surface area (Å²) >= 11 is 1.16. The predicted octanol–water partition coefficient (Wildman–Crippen LogP) is 3.22. The molecule has 1 aliphatic heterocycles. The molecule has 0 spiro atoms. The molecule has 8 heteroatoms. The summed E-state index contributed by atoms with van der Waals surface area (Å²) in [7, 11) is 0. The van der Waals surface area contributed by atoms with Crippen LogP contribution >= 0.6 is 11.5 Å². The zero-order valence-corrected chi connectivity index (χ0v) is 15.1. The molecule has 2 aromatic carbocycles. The first-order valence-corrected chi connectivity index (χ1v) is 9.22. The Bertz CT molecular complexity index is 1060. The minimum absolute atomic E-state index is 0.0993.